The van der Waals surface area contributed by atoms with Gasteiger partial charge < -0.3 is 14.4 Å². The second kappa shape index (κ2) is 8.50. The first-order valence-electron chi connectivity index (χ1n) is 8.92. The largest absolute Gasteiger partial charge is 0.496 e. The maximum Gasteiger partial charge on any atom is 0.254 e. The Balaban J connectivity index is 1.83. The molecule has 1 atom stereocenters. The van der Waals surface area contributed by atoms with E-state index in [4.69, 9.17) is 9.47 Å². The fraction of sp³-hybridized carbons (Fsp3) is 0.333. The molecule has 142 valence electrons. The first-order chi connectivity index (χ1) is 13.0. The number of methoxy groups -OCH3 is 1. The van der Waals surface area contributed by atoms with Gasteiger partial charge in [-0.05, 0) is 44.2 Å². The number of para-hydroxylation sites is 1. The van der Waals surface area contributed by atoms with Crippen molar-refractivity contribution in [2.45, 2.75) is 26.5 Å². The van der Waals surface area contributed by atoms with Crippen molar-refractivity contribution >= 4 is 27.5 Å². The average molecular weight is 385 g/mol. The molecule has 3 aromatic rings. The van der Waals surface area contributed by atoms with E-state index in [1.54, 1.807) is 29.4 Å². The molecule has 0 saturated heterocycles. The average Bonchev–Trinajstić information content (AvgIpc) is 3.14. The summed E-state index contributed by atoms with van der Waals surface area (Å²) in [5.41, 5.74) is 2.45. The van der Waals surface area contributed by atoms with Crippen molar-refractivity contribution in [1.29, 1.82) is 0 Å². The third-order valence-electron chi connectivity index (χ3n) is 4.56. The van der Waals surface area contributed by atoms with E-state index in [-0.39, 0.29) is 11.9 Å². The molecule has 3 rings (SSSR count). The molecule has 6 heteroatoms. The van der Waals surface area contributed by atoms with E-state index < -0.39 is 0 Å². The van der Waals surface area contributed by atoms with Crippen molar-refractivity contribution in [3.63, 3.8) is 0 Å². The van der Waals surface area contributed by atoms with E-state index in [0.717, 1.165) is 26.5 Å². The van der Waals surface area contributed by atoms with Crippen LogP contribution < -0.4 is 4.74 Å². The number of carbonyl (C=O) groups is 1. The lowest BCUT2D eigenvalue weighted by molar-refractivity contribution is 0.0742. The van der Waals surface area contributed by atoms with Gasteiger partial charge in [0.1, 0.15) is 10.8 Å². The Morgan fingerprint density at radius 2 is 2.04 bits per heavy atom. The Morgan fingerprint density at radius 3 is 2.74 bits per heavy atom. The summed E-state index contributed by atoms with van der Waals surface area (Å²) >= 11 is 1.62. The first-order valence-corrected chi connectivity index (χ1v) is 9.74. The van der Waals surface area contributed by atoms with Crippen molar-refractivity contribution in [2.75, 3.05) is 20.8 Å². The third-order valence-corrected chi connectivity index (χ3v) is 5.76. The highest BCUT2D eigenvalue weighted by atomic mass is 32.1. The summed E-state index contributed by atoms with van der Waals surface area (Å²) in [6, 6.07) is 13.4. The number of carbonyl (C=O) groups excluding carboxylic acids is 1. The monoisotopic (exact) mass is 384 g/mol. The summed E-state index contributed by atoms with van der Waals surface area (Å²) < 4.78 is 12.0. The van der Waals surface area contributed by atoms with Crippen LogP contribution in [-0.2, 0) is 11.3 Å². The SMILES string of the molecule is CCOCc1cc(C(=O)N(C)[C@@H](C)c2nc3ccccc3s2)ccc1OC. The number of amides is 1. The summed E-state index contributed by atoms with van der Waals surface area (Å²) in [6.45, 7) is 4.96. The molecule has 2 aromatic carbocycles. The molecule has 0 unspecified atom stereocenters. The zero-order valence-electron chi connectivity index (χ0n) is 16.1. The van der Waals surface area contributed by atoms with Crippen LogP contribution in [0.3, 0.4) is 0 Å². The topological polar surface area (TPSA) is 51.7 Å². The zero-order chi connectivity index (χ0) is 19.4. The molecular formula is C21H24N2O3S. The van der Waals surface area contributed by atoms with Gasteiger partial charge in [0, 0.05) is 24.8 Å². The second-order valence-corrected chi connectivity index (χ2v) is 7.34. The van der Waals surface area contributed by atoms with E-state index in [9.17, 15) is 4.79 Å². The molecule has 27 heavy (non-hydrogen) atoms. The molecular weight excluding hydrogens is 360 g/mol. The first kappa shape index (κ1) is 19.3. The number of hydrogen-bond donors (Lipinski definition) is 0. The third kappa shape index (κ3) is 4.12. The van der Waals surface area contributed by atoms with Crippen LogP contribution in [-0.4, -0.2) is 36.6 Å². The maximum atomic E-state index is 13.0. The fourth-order valence-electron chi connectivity index (χ4n) is 2.85. The van der Waals surface area contributed by atoms with Crippen LogP contribution in [0.2, 0.25) is 0 Å². The summed E-state index contributed by atoms with van der Waals surface area (Å²) in [5.74, 6) is 0.670. The molecule has 5 nitrogen and oxygen atoms in total. The van der Waals surface area contributed by atoms with E-state index >= 15 is 0 Å². The highest BCUT2D eigenvalue weighted by molar-refractivity contribution is 7.18. The number of fused-ring (bicyclic) bond motifs is 1. The van der Waals surface area contributed by atoms with Gasteiger partial charge in [-0.25, -0.2) is 4.98 Å². The molecule has 0 aliphatic carbocycles. The van der Waals surface area contributed by atoms with Gasteiger partial charge in [-0.3, -0.25) is 4.79 Å². The lowest BCUT2D eigenvalue weighted by Crippen LogP contribution is -2.29. The van der Waals surface area contributed by atoms with Crippen molar-refractivity contribution in [1.82, 2.24) is 9.88 Å². The normalized spacial score (nSPS) is 12.1. The van der Waals surface area contributed by atoms with Gasteiger partial charge in [-0.2, -0.15) is 0 Å². The van der Waals surface area contributed by atoms with Crippen molar-refractivity contribution in [3.8, 4) is 5.75 Å². The lowest BCUT2D eigenvalue weighted by atomic mass is 10.1. The number of ether oxygens (including phenoxy) is 2. The number of nitrogens with zero attached hydrogens (tertiary/aromatic N) is 2. The summed E-state index contributed by atoms with van der Waals surface area (Å²) in [6.07, 6.45) is 0. The predicted molar refractivity (Wildman–Crippen MR) is 108 cm³/mol. The molecule has 0 fully saturated rings. The Bertz CT molecular complexity index is 905. The molecule has 1 amide bonds. The quantitative estimate of drug-likeness (QED) is 0.594. The molecule has 1 aromatic heterocycles. The van der Waals surface area contributed by atoms with E-state index in [2.05, 4.69) is 11.1 Å². The molecule has 0 radical (unpaired) electrons. The van der Waals surface area contributed by atoms with E-state index in [1.165, 1.54) is 0 Å². The predicted octanol–water partition coefficient (Wildman–Crippen LogP) is 4.67. The van der Waals surface area contributed by atoms with E-state index in [0.29, 0.717) is 18.8 Å². The highest BCUT2D eigenvalue weighted by Crippen LogP contribution is 2.30. The molecule has 1 heterocycles. The molecule has 0 N–H and O–H groups in total. The molecule has 0 spiro atoms. The van der Waals surface area contributed by atoms with Gasteiger partial charge in [-0.15, -0.1) is 11.3 Å². The standard InChI is InChI=1S/C21H24N2O3S/c1-5-26-13-16-12-15(10-11-18(16)25-4)21(24)23(3)14(2)20-22-17-8-6-7-9-19(17)27-20/h6-12,14H,5,13H2,1-4H3/t14-/m0/s1. The van der Waals surface area contributed by atoms with Gasteiger partial charge in [0.15, 0.2) is 0 Å². The molecule has 0 aliphatic rings. The van der Waals surface area contributed by atoms with Gasteiger partial charge >= 0.3 is 0 Å². The minimum absolute atomic E-state index is 0.0536. The Morgan fingerprint density at radius 1 is 1.26 bits per heavy atom. The fourth-order valence-corrected chi connectivity index (χ4v) is 3.91. The van der Waals surface area contributed by atoms with Gasteiger partial charge in [0.05, 0.1) is 30.0 Å². The number of aromatic nitrogens is 1. The van der Waals surface area contributed by atoms with Crippen LogP contribution >= 0.6 is 11.3 Å². The van der Waals surface area contributed by atoms with Gasteiger partial charge in [0.2, 0.25) is 0 Å². The second-order valence-electron chi connectivity index (χ2n) is 6.28. The minimum atomic E-state index is -0.118. The van der Waals surface area contributed by atoms with Crippen LogP contribution in [0.4, 0.5) is 0 Å². The summed E-state index contributed by atoms with van der Waals surface area (Å²) in [4.78, 5) is 19.4. The molecule has 0 saturated carbocycles. The Labute approximate surface area is 163 Å². The van der Waals surface area contributed by atoms with Crippen molar-refractivity contribution in [3.05, 3.63) is 58.6 Å². The smallest absolute Gasteiger partial charge is 0.254 e. The Hall–Kier alpha value is -2.44. The number of hydrogen-bond acceptors (Lipinski definition) is 5. The maximum absolute atomic E-state index is 13.0. The number of rotatable bonds is 7. The lowest BCUT2D eigenvalue weighted by Gasteiger charge is -2.23. The van der Waals surface area contributed by atoms with Gasteiger partial charge in [0.25, 0.3) is 5.91 Å². The van der Waals surface area contributed by atoms with Gasteiger partial charge in [-0.1, -0.05) is 12.1 Å². The minimum Gasteiger partial charge on any atom is -0.496 e. The summed E-state index contributed by atoms with van der Waals surface area (Å²) in [5, 5.41) is 0.926. The number of benzene rings is 2. The molecule has 0 bridgehead atoms. The van der Waals surface area contributed by atoms with Crippen LogP contribution in [0.25, 0.3) is 10.2 Å². The van der Waals surface area contributed by atoms with E-state index in [1.807, 2.05) is 51.2 Å². The molecule has 0 aliphatic heterocycles. The van der Waals surface area contributed by atoms with Crippen LogP contribution in [0.5, 0.6) is 5.75 Å². The van der Waals surface area contributed by atoms with Crippen LogP contribution in [0.1, 0.15) is 40.8 Å². The highest BCUT2D eigenvalue weighted by Gasteiger charge is 2.22. The van der Waals surface area contributed by atoms with Crippen molar-refractivity contribution < 1.29 is 14.3 Å². The summed E-state index contributed by atoms with van der Waals surface area (Å²) in [7, 11) is 3.43. The zero-order valence-corrected chi connectivity index (χ0v) is 16.9. The van der Waals surface area contributed by atoms with Crippen molar-refractivity contribution in [2.24, 2.45) is 0 Å². The number of thiazole rings is 1. The Kier molecular flexibility index (Phi) is 6.08. The van der Waals surface area contributed by atoms with Crippen LogP contribution in [0.15, 0.2) is 42.5 Å². The van der Waals surface area contributed by atoms with Crippen LogP contribution in [0, 0.1) is 0 Å².